The zero-order chi connectivity index (χ0) is 15.8. The maximum atomic E-state index is 12.0. The molecule has 4 rings (SSSR count). The number of esters is 1. The predicted molar refractivity (Wildman–Crippen MR) is 84.4 cm³/mol. The van der Waals surface area contributed by atoms with Gasteiger partial charge in [0.05, 0.1) is 0 Å². The molecule has 5 nitrogen and oxygen atoms in total. The third-order valence-corrected chi connectivity index (χ3v) is 3.59. The highest BCUT2D eigenvalue weighted by Gasteiger charge is 2.24. The summed E-state index contributed by atoms with van der Waals surface area (Å²) in [5.74, 6) is 1.23. The van der Waals surface area contributed by atoms with Gasteiger partial charge in [0.25, 0.3) is 0 Å². The van der Waals surface area contributed by atoms with Gasteiger partial charge in [-0.25, -0.2) is 9.79 Å². The lowest BCUT2D eigenvalue weighted by atomic mass is 10.1. The van der Waals surface area contributed by atoms with E-state index in [2.05, 4.69) is 4.99 Å². The number of fused-ring (bicyclic) bond motifs is 1. The fourth-order valence-electron chi connectivity index (χ4n) is 2.47. The van der Waals surface area contributed by atoms with Crippen LogP contribution < -0.4 is 9.47 Å². The van der Waals surface area contributed by atoms with Gasteiger partial charge in [-0.2, -0.15) is 0 Å². The van der Waals surface area contributed by atoms with E-state index in [1.807, 2.05) is 43.3 Å². The van der Waals surface area contributed by atoms with E-state index in [9.17, 15) is 4.79 Å². The van der Waals surface area contributed by atoms with Crippen molar-refractivity contribution >= 4 is 17.9 Å². The summed E-state index contributed by atoms with van der Waals surface area (Å²) in [5.41, 5.74) is 2.93. The fraction of sp³-hybridized carbons (Fsp3) is 0.111. The molecule has 2 aliphatic rings. The minimum atomic E-state index is -0.459. The van der Waals surface area contributed by atoms with Crippen molar-refractivity contribution in [3.8, 4) is 11.5 Å². The second-order valence-corrected chi connectivity index (χ2v) is 5.32. The molecule has 0 amide bonds. The number of aryl methyl sites for hydroxylation is 1. The number of carbonyl (C=O) groups is 1. The number of nitrogens with zero attached hydrogens (tertiary/aromatic N) is 1. The number of ether oxygens (including phenoxy) is 3. The van der Waals surface area contributed by atoms with Gasteiger partial charge in [-0.3, -0.25) is 0 Å². The maximum Gasteiger partial charge on any atom is 0.363 e. The lowest BCUT2D eigenvalue weighted by Gasteiger charge is -1.99. The molecule has 0 fully saturated rings. The van der Waals surface area contributed by atoms with Crippen molar-refractivity contribution in [1.29, 1.82) is 0 Å². The average molecular weight is 307 g/mol. The van der Waals surface area contributed by atoms with Crippen molar-refractivity contribution in [3.63, 3.8) is 0 Å². The van der Waals surface area contributed by atoms with Gasteiger partial charge in [0.1, 0.15) is 0 Å². The van der Waals surface area contributed by atoms with E-state index in [1.165, 1.54) is 0 Å². The third kappa shape index (κ3) is 2.57. The first-order valence-corrected chi connectivity index (χ1v) is 7.18. The van der Waals surface area contributed by atoms with Gasteiger partial charge in [-0.1, -0.05) is 23.8 Å². The fourth-order valence-corrected chi connectivity index (χ4v) is 2.47. The highest BCUT2D eigenvalue weighted by molar-refractivity contribution is 6.12. The molecule has 0 N–H and O–H groups in total. The largest absolute Gasteiger partial charge is 0.454 e. The molecule has 0 bridgehead atoms. The summed E-state index contributed by atoms with van der Waals surface area (Å²) in [6.45, 7) is 2.19. The molecule has 2 aromatic carbocycles. The Morgan fingerprint density at radius 1 is 1.09 bits per heavy atom. The molecule has 0 spiro atoms. The first-order valence-electron chi connectivity index (χ1n) is 7.18. The van der Waals surface area contributed by atoms with Crippen molar-refractivity contribution in [2.24, 2.45) is 4.99 Å². The van der Waals surface area contributed by atoms with E-state index in [4.69, 9.17) is 14.2 Å². The maximum absolute atomic E-state index is 12.0. The molecule has 23 heavy (non-hydrogen) atoms. The topological polar surface area (TPSA) is 57.1 Å². The molecule has 0 unspecified atom stereocenters. The molecule has 0 radical (unpaired) electrons. The number of hydrogen-bond acceptors (Lipinski definition) is 5. The minimum Gasteiger partial charge on any atom is -0.454 e. The minimum absolute atomic E-state index is 0.215. The van der Waals surface area contributed by atoms with Crippen molar-refractivity contribution in [2.45, 2.75) is 6.92 Å². The predicted octanol–water partition coefficient (Wildman–Crippen LogP) is 3.07. The lowest BCUT2D eigenvalue weighted by molar-refractivity contribution is -0.129. The van der Waals surface area contributed by atoms with Crippen molar-refractivity contribution < 1.29 is 19.0 Å². The van der Waals surface area contributed by atoms with Gasteiger partial charge in [-0.05, 0) is 42.8 Å². The molecule has 2 aromatic rings. The normalized spacial score (nSPS) is 17.3. The highest BCUT2D eigenvalue weighted by Crippen LogP contribution is 2.33. The van der Waals surface area contributed by atoms with Gasteiger partial charge >= 0.3 is 5.97 Å². The Morgan fingerprint density at radius 2 is 1.96 bits per heavy atom. The average Bonchev–Trinajstić information content (AvgIpc) is 3.14. The quantitative estimate of drug-likeness (QED) is 0.632. The lowest BCUT2D eigenvalue weighted by Crippen LogP contribution is -2.05. The number of benzene rings is 2. The smallest absolute Gasteiger partial charge is 0.363 e. The number of cyclic esters (lactones) is 1. The number of hydrogen-bond donors (Lipinski definition) is 0. The highest BCUT2D eigenvalue weighted by atomic mass is 16.7. The van der Waals surface area contributed by atoms with Gasteiger partial charge in [-0.15, -0.1) is 0 Å². The summed E-state index contributed by atoms with van der Waals surface area (Å²) < 4.78 is 15.9. The second-order valence-electron chi connectivity index (χ2n) is 5.32. The Labute approximate surface area is 132 Å². The van der Waals surface area contributed by atoms with Crippen LogP contribution in [0.4, 0.5) is 0 Å². The molecule has 0 saturated heterocycles. The van der Waals surface area contributed by atoms with E-state index < -0.39 is 5.97 Å². The van der Waals surface area contributed by atoms with Gasteiger partial charge in [0, 0.05) is 5.56 Å². The Balaban J connectivity index is 1.67. The first-order chi connectivity index (χ1) is 11.2. The monoisotopic (exact) mass is 307 g/mol. The van der Waals surface area contributed by atoms with Gasteiger partial charge < -0.3 is 14.2 Å². The van der Waals surface area contributed by atoms with Crippen LogP contribution in [0.15, 0.2) is 53.2 Å². The van der Waals surface area contributed by atoms with E-state index >= 15 is 0 Å². The summed E-state index contributed by atoms with van der Waals surface area (Å²) in [4.78, 5) is 16.3. The van der Waals surface area contributed by atoms with E-state index in [0.717, 1.165) is 16.7 Å². The Bertz CT molecular complexity index is 867. The summed E-state index contributed by atoms with van der Waals surface area (Å²) in [7, 11) is 0. The van der Waals surface area contributed by atoms with Gasteiger partial charge in [0.2, 0.25) is 12.7 Å². The van der Waals surface area contributed by atoms with Crippen LogP contribution in [0.3, 0.4) is 0 Å². The molecule has 114 valence electrons. The molecule has 0 saturated carbocycles. The molecule has 2 heterocycles. The van der Waals surface area contributed by atoms with Crippen LogP contribution in [-0.2, 0) is 9.53 Å². The molecule has 0 aliphatic carbocycles. The second kappa shape index (κ2) is 5.28. The van der Waals surface area contributed by atoms with Crippen molar-refractivity contribution in [1.82, 2.24) is 0 Å². The van der Waals surface area contributed by atoms with E-state index in [0.29, 0.717) is 17.4 Å². The molecular formula is C18H13NO4. The van der Waals surface area contributed by atoms with Gasteiger partial charge in [0.15, 0.2) is 17.2 Å². The Morgan fingerprint density at radius 3 is 2.83 bits per heavy atom. The van der Waals surface area contributed by atoms with E-state index in [1.54, 1.807) is 12.1 Å². The molecular weight excluding hydrogens is 294 g/mol. The van der Waals surface area contributed by atoms with Crippen LogP contribution in [-0.4, -0.2) is 18.7 Å². The Hall–Kier alpha value is -3.08. The van der Waals surface area contributed by atoms with Crippen LogP contribution in [0.5, 0.6) is 11.5 Å². The molecule has 2 aliphatic heterocycles. The summed E-state index contributed by atoms with van der Waals surface area (Å²) in [6, 6.07) is 13.1. The third-order valence-electron chi connectivity index (χ3n) is 3.59. The van der Waals surface area contributed by atoms with Crippen LogP contribution >= 0.6 is 0 Å². The summed E-state index contributed by atoms with van der Waals surface area (Å²) in [5, 5.41) is 0. The SMILES string of the molecule is Cc1cccc(C2=NC(=Cc3ccc4c(c3)OCO4)C(=O)O2)c1. The zero-order valence-corrected chi connectivity index (χ0v) is 12.4. The van der Waals surface area contributed by atoms with Crippen molar-refractivity contribution in [2.75, 3.05) is 6.79 Å². The number of aliphatic imine (C=N–C) groups is 1. The summed E-state index contributed by atoms with van der Waals surface area (Å²) in [6.07, 6.45) is 1.67. The Kier molecular flexibility index (Phi) is 3.12. The molecule has 5 heteroatoms. The standard InChI is InChI=1S/C18H13NO4/c1-11-3-2-4-13(7-11)17-19-14(18(20)23-17)8-12-5-6-15-16(9-12)22-10-21-15/h2-9H,10H2,1H3. The molecule has 0 atom stereocenters. The number of rotatable bonds is 2. The number of carbonyl (C=O) groups excluding carboxylic acids is 1. The molecule has 0 aromatic heterocycles. The van der Waals surface area contributed by atoms with Crippen LogP contribution in [0, 0.1) is 6.92 Å². The van der Waals surface area contributed by atoms with Crippen LogP contribution in [0.25, 0.3) is 6.08 Å². The van der Waals surface area contributed by atoms with Crippen LogP contribution in [0.1, 0.15) is 16.7 Å². The van der Waals surface area contributed by atoms with Crippen molar-refractivity contribution in [3.05, 3.63) is 64.9 Å². The first kappa shape index (κ1) is 13.6. The zero-order valence-electron chi connectivity index (χ0n) is 12.4. The summed E-state index contributed by atoms with van der Waals surface area (Å²) >= 11 is 0. The van der Waals surface area contributed by atoms with E-state index in [-0.39, 0.29) is 12.5 Å². The van der Waals surface area contributed by atoms with Crippen LogP contribution in [0.2, 0.25) is 0 Å².